The van der Waals surface area contributed by atoms with Crippen LogP contribution in [0.4, 0.5) is 0 Å². The van der Waals surface area contributed by atoms with Crippen LogP contribution >= 0.6 is 0 Å². The fraction of sp³-hybridized carbons (Fsp3) is 0.125. The first-order valence-electron chi connectivity index (χ1n) is 6.55. The van der Waals surface area contributed by atoms with Gasteiger partial charge in [0.15, 0.2) is 5.78 Å². The van der Waals surface area contributed by atoms with Crippen molar-refractivity contribution in [1.29, 1.82) is 0 Å². The second-order valence-electron chi connectivity index (χ2n) is 4.73. The average Bonchev–Trinajstić information content (AvgIpc) is 2.52. The number of hydrogen-bond acceptors (Lipinski definition) is 4. The van der Waals surface area contributed by atoms with Gasteiger partial charge in [-0.3, -0.25) is 9.59 Å². The number of sulfonamides is 1. The maximum atomic E-state index is 12.4. The molecule has 1 amide bonds. The van der Waals surface area contributed by atoms with E-state index in [0.29, 0.717) is 9.87 Å². The summed E-state index contributed by atoms with van der Waals surface area (Å²) >= 11 is 0. The fourth-order valence-electron chi connectivity index (χ4n) is 1.91. The molecule has 0 aliphatic heterocycles. The molecule has 0 radical (unpaired) electrons. The van der Waals surface area contributed by atoms with Crippen LogP contribution < -0.4 is 0 Å². The molecule has 0 unspecified atom stereocenters. The molecule has 0 saturated heterocycles. The van der Waals surface area contributed by atoms with Gasteiger partial charge in [-0.25, -0.2) is 12.7 Å². The lowest BCUT2D eigenvalue weighted by atomic mass is 10.1. The quantitative estimate of drug-likeness (QED) is 0.791. The van der Waals surface area contributed by atoms with Crippen molar-refractivity contribution in [2.24, 2.45) is 0 Å². The predicted octanol–water partition coefficient (Wildman–Crippen LogP) is 1.97. The van der Waals surface area contributed by atoms with Gasteiger partial charge in [0.25, 0.3) is 5.91 Å². The molecule has 0 aromatic heterocycles. The summed E-state index contributed by atoms with van der Waals surface area (Å²) in [6.45, 7) is -0.517. The predicted molar refractivity (Wildman–Crippen MR) is 83.1 cm³/mol. The van der Waals surface area contributed by atoms with E-state index in [1.807, 2.05) is 0 Å². The second kappa shape index (κ2) is 6.53. The van der Waals surface area contributed by atoms with Crippen molar-refractivity contribution in [2.45, 2.75) is 0 Å². The molecule has 2 aromatic rings. The summed E-state index contributed by atoms with van der Waals surface area (Å²) < 4.78 is 24.3. The lowest BCUT2D eigenvalue weighted by molar-refractivity contribution is 0.0812. The summed E-state index contributed by atoms with van der Waals surface area (Å²) in [5, 5.41) is 0. The van der Waals surface area contributed by atoms with Crippen LogP contribution in [0, 0.1) is 0 Å². The lowest BCUT2D eigenvalue weighted by Crippen LogP contribution is -2.40. The SMILES string of the molecule is CS(=O)(=O)N(CC(=O)c1ccccc1)C(=O)c1ccccc1. The summed E-state index contributed by atoms with van der Waals surface area (Å²) in [7, 11) is -3.85. The van der Waals surface area contributed by atoms with Gasteiger partial charge in [0, 0.05) is 11.1 Å². The Morgan fingerprint density at radius 2 is 1.32 bits per heavy atom. The van der Waals surface area contributed by atoms with Gasteiger partial charge in [-0.05, 0) is 12.1 Å². The summed E-state index contributed by atoms with van der Waals surface area (Å²) in [5.74, 6) is -1.15. The van der Waals surface area contributed by atoms with Gasteiger partial charge in [0.1, 0.15) is 6.54 Å². The van der Waals surface area contributed by atoms with Gasteiger partial charge in [-0.1, -0.05) is 48.5 Å². The van der Waals surface area contributed by atoms with Crippen molar-refractivity contribution in [1.82, 2.24) is 4.31 Å². The standard InChI is InChI=1S/C16H15NO4S/c1-22(20,21)17(16(19)14-10-6-3-7-11-14)12-15(18)13-8-4-2-5-9-13/h2-11H,12H2,1H3. The van der Waals surface area contributed by atoms with Crippen LogP contribution in [0.3, 0.4) is 0 Å². The van der Waals surface area contributed by atoms with Gasteiger partial charge in [0.2, 0.25) is 10.0 Å². The maximum absolute atomic E-state index is 12.4. The first-order chi connectivity index (χ1) is 10.4. The molecule has 0 heterocycles. The Labute approximate surface area is 129 Å². The van der Waals surface area contributed by atoms with Crippen molar-refractivity contribution in [2.75, 3.05) is 12.8 Å². The second-order valence-corrected chi connectivity index (χ2v) is 6.64. The fourth-order valence-corrected chi connectivity index (χ4v) is 2.67. The Morgan fingerprint density at radius 3 is 1.77 bits per heavy atom. The average molecular weight is 317 g/mol. The Balaban J connectivity index is 2.29. The summed E-state index contributed by atoms with van der Waals surface area (Å²) in [4.78, 5) is 24.5. The third-order valence-electron chi connectivity index (χ3n) is 3.03. The number of nitrogens with zero attached hydrogens (tertiary/aromatic N) is 1. The topological polar surface area (TPSA) is 71.5 Å². The molecule has 114 valence electrons. The lowest BCUT2D eigenvalue weighted by Gasteiger charge is -2.19. The van der Waals surface area contributed by atoms with Crippen LogP contribution in [0.1, 0.15) is 20.7 Å². The van der Waals surface area contributed by atoms with E-state index in [1.54, 1.807) is 48.5 Å². The molecule has 5 nitrogen and oxygen atoms in total. The van der Waals surface area contributed by atoms with Gasteiger partial charge in [-0.15, -0.1) is 0 Å². The van der Waals surface area contributed by atoms with Crippen LogP contribution in [-0.2, 0) is 10.0 Å². The number of carbonyl (C=O) groups is 2. The molecule has 2 aromatic carbocycles. The maximum Gasteiger partial charge on any atom is 0.267 e. The number of ketones is 1. The highest BCUT2D eigenvalue weighted by Crippen LogP contribution is 2.11. The number of hydrogen-bond donors (Lipinski definition) is 0. The minimum Gasteiger partial charge on any atom is -0.292 e. The summed E-state index contributed by atoms with van der Waals surface area (Å²) in [6, 6.07) is 16.3. The van der Waals surface area contributed by atoms with Crippen molar-refractivity contribution < 1.29 is 18.0 Å². The molecule has 0 fully saturated rings. The van der Waals surface area contributed by atoms with Crippen LogP contribution in [0.5, 0.6) is 0 Å². The van der Waals surface area contributed by atoms with E-state index >= 15 is 0 Å². The molecule has 6 heteroatoms. The van der Waals surface area contributed by atoms with Crippen LogP contribution in [0.25, 0.3) is 0 Å². The van der Waals surface area contributed by atoms with Crippen molar-refractivity contribution >= 4 is 21.7 Å². The highest BCUT2D eigenvalue weighted by molar-refractivity contribution is 7.88. The van der Waals surface area contributed by atoms with E-state index in [1.165, 1.54) is 12.1 Å². The van der Waals surface area contributed by atoms with Gasteiger partial charge >= 0.3 is 0 Å². The van der Waals surface area contributed by atoms with Crippen molar-refractivity contribution in [3.63, 3.8) is 0 Å². The number of Topliss-reactive ketones (excluding diaryl/α,β-unsaturated/α-hetero) is 1. The number of rotatable bonds is 5. The van der Waals surface area contributed by atoms with E-state index in [4.69, 9.17) is 0 Å². The van der Waals surface area contributed by atoms with E-state index in [0.717, 1.165) is 6.26 Å². The number of benzene rings is 2. The Hall–Kier alpha value is -2.47. The smallest absolute Gasteiger partial charge is 0.267 e. The van der Waals surface area contributed by atoms with E-state index in [-0.39, 0.29) is 5.56 Å². The van der Waals surface area contributed by atoms with Crippen LogP contribution in [-0.4, -0.2) is 37.2 Å². The third-order valence-corrected chi connectivity index (χ3v) is 4.13. The molecule has 0 saturated carbocycles. The summed E-state index contributed by atoms with van der Waals surface area (Å²) in [6.07, 6.45) is 0.909. The molecule has 0 atom stereocenters. The molecular formula is C16H15NO4S. The van der Waals surface area contributed by atoms with Crippen molar-refractivity contribution in [3.8, 4) is 0 Å². The van der Waals surface area contributed by atoms with Gasteiger partial charge < -0.3 is 0 Å². The first kappa shape index (κ1) is 15.9. The highest BCUT2D eigenvalue weighted by atomic mass is 32.2. The largest absolute Gasteiger partial charge is 0.292 e. The Bertz CT molecular complexity index is 770. The van der Waals surface area contributed by atoms with Crippen molar-refractivity contribution in [3.05, 3.63) is 71.8 Å². The molecule has 0 aliphatic rings. The highest BCUT2D eigenvalue weighted by Gasteiger charge is 2.27. The van der Waals surface area contributed by atoms with Gasteiger partial charge in [0.05, 0.1) is 6.26 Å². The van der Waals surface area contributed by atoms with E-state index < -0.39 is 28.3 Å². The monoisotopic (exact) mass is 317 g/mol. The third kappa shape index (κ3) is 3.79. The molecule has 0 spiro atoms. The minimum atomic E-state index is -3.85. The first-order valence-corrected chi connectivity index (χ1v) is 8.40. The van der Waals surface area contributed by atoms with Crippen LogP contribution in [0.15, 0.2) is 60.7 Å². The zero-order chi connectivity index (χ0) is 16.2. The summed E-state index contributed by atoms with van der Waals surface area (Å²) in [5.41, 5.74) is 0.575. The van der Waals surface area contributed by atoms with E-state index in [9.17, 15) is 18.0 Å². The normalized spacial score (nSPS) is 11.0. The van der Waals surface area contributed by atoms with E-state index in [2.05, 4.69) is 0 Å². The Morgan fingerprint density at radius 1 is 0.864 bits per heavy atom. The Kier molecular flexibility index (Phi) is 4.72. The zero-order valence-corrected chi connectivity index (χ0v) is 12.8. The molecule has 22 heavy (non-hydrogen) atoms. The molecular weight excluding hydrogens is 302 g/mol. The van der Waals surface area contributed by atoms with Crippen LogP contribution in [0.2, 0.25) is 0 Å². The number of carbonyl (C=O) groups excluding carboxylic acids is 2. The zero-order valence-electron chi connectivity index (χ0n) is 12.0. The molecule has 0 bridgehead atoms. The molecule has 2 rings (SSSR count). The van der Waals surface area contributed by atoms with Gasteiger partial charge in [-0.2, -0.15) is 0 Å². The minimum absolute atomic E-state index is 0.216. The number of amides is 1. The molecule has 0 aliphatic carbocycles. The molecule has 0 N–H and O–H groups in total.